The summed E-state index contributed by atoms with van der Waals surface area (Å²) < 4.78 is 0. The minimum Gasteiger partial charge on any atom is -0.331 e. The molecule has 2 heterocycles. The van der Waals surface area contributed by atoms with Crippen molar-refractivity contribution in [1.29, 1.82) is 0 Å². The van der Waals surface area contributed by atoms with E-state index in [4.69, 9.17) is 0 Å². The van der Waals surface area contributed by atoms with Crippen molar-refractivity contribution < 1.29 is 4.79 Å². The quantitative estimate of drug-likeness (QED) is 0.899. The molecule has 0 aliphatic rings. The van der Waals surface area contributed by atoms with Crippen LogP contribution in [-0.2, 0) is 6.54 Å². The van der Waals surface area contributed by atoms with Gasteiger partial charge in [-0.1, -0.05) is 13.8 Å². The fraction of sp³-hybridized carbons (Fsp3) is 0.333. The lowest BCUT2D eigenvalue weighted by molar-refractivity contribution is 0.251. The van der Waals surface area contributed by atoms with Crippen molar-refractivity contribution in [1.82, 2.24) is 20.3 Å². The van der Waals surface area contributed by atoms with Crippen molar-refractivity contribution >= 4 is 23.2 Å². The van der Waals surface area contributed by atoms with E-state index in [1.54, 1.807) is 17.5 Å². The summed E-state index contributed by atoms with van der Waals surface area (Å²) in [6.45, 7) is 4.59. The predicted octanol–water partition coefficient (Wildman–Crippen LogP) is 2.38. The van der Waals surface area contributed by atoms with Gasteiger partial charge in [0.25, 0.3) is 0 Å². The van der Waals surface area contributed by atoms with E-state index >= 15 is 0 Å². The van der Waals surface area contributed by atoms with Crippen molar-refractivity contribution in [2.75, 3.05) is 5.32 Å². The third-order valence-electron chi connectivity index (χ3n) is 2.37. The van der Waals surface area contributed by atoms with Gasteiger partial charge < -0.3 is 5.32 Å². The van der Waals surface area contributed by atoms with Crippen LogP contribution in [0.4, 0.5) is 10.6 Å². The molecule has 0 aromatic carbocycles. The third-order valence-corrected chi connectivity index (χ3v) is 3.23. The summed E-state index contributed by atoms with van der Waals surface area (Å²) in [7, 11) is 0. The molecule has 0 bridgehead atoms. The fourth-order valence-electron chi connectivity index (χ4n) is 1.35. The lowest BCUT2D eigenvalue weighted by atomic mass is 10.2. The number of hydrogen-bond donors (Lipinski definition) is 2. The Morgan fingerprint density at radius 2 is 2.26 bits per heavy atom. The van der Waals surface area contributed by atoms with Crippen molar-refractivity contribution in [2.45, 2.75) is 26.3 Å². The molecule has 2 aromatic rings. The normalized spacial score (nSPS) is 10.5. The molecule has 0 radical (unpaired) electrons. The van der Waals surface area contributed by atoms with Gasteiger partial charge in [-0.05, 0) is 5.92 Å². The van der Waals surface area contributed by atoms with Crippen LogP contribution in [0.2, 0.25) is 0 Å². The molecule has 2 amide bonds. The van der Waals surface area contributed by atoms with Gasteiger partial charge in [-0.25, -0.2) is 14.8 Å². The summed E-state index contributed by atoms with van der Waals surface area (Å²) in [4.78, 5) is 23.9. The number of carbonyl (C=O) groups excluding carboxylic acids is 1. The van der Waals surface area contributed by atoms with Gasteiger partial charge >= 0.3 is 6.03 Å². The smallest absolute Gasteiger partial charge is 0.320 e. The summed E-state index contributed by atoms with van der Waals surface area (Å²) in [5, 5.41) is 8.23. The lowest BCUT2D eigenvalue weighted by Crippen LogP contribution is -2.28. The van der Waals surface area contributed by atoms with E-state index in [0.717, 1.165) is 10.7 Å². The zero-order valence-electron chi connectivity index (χ0n) is 10.8. The fourth-order valence-corrected chi connectivity index (χ4v) is 2.25. The predicted molar refractivity (Wildman–Crippen MR) is 74.1 cm³/mol. The van der Waals surface area contributed by atoms with E-state index in [1.807, 2.05) is 5.38 Å². The largest absolute Gasteiger partial charge is 0.331 e. The second-order valence-electron chi connectivity index (χ2n) is 4.22. The van der Waals surface area contributed by atoms with Crippen LogP contribution in [0, 0.1) is 0 Å². The Balaban J connectivity index is 1.83. The van der Waals surface area contributed by atoms with Gasteiger partial charge in [0.05, 0.1) is 18.4 Å². The highest BCUT2D eigenvalue weighted by Gasteiger charge is 2.07. The minimum absolute atomic E-state index is 0.318. The van der Waals surface area contributed by atoms with Crippen LogP contribution < -0.4 is 10.6 Å². The monoisotopic (exact) mass is 277 g/mol. The Hall–Kier alpha value is -2.02. The summed E-state index contributed by atoms with van der Waals surface area (Å²) in [6.07, 6.45) is 4.55. The van der Waals surface area contributed by atoms with Gasteiger partial charge in [-0.15, -0.1) is 11.3 Å². The van der Waals surface area contributed by atoms with Crippen molar-refractivity contribution in [2.24, 2.45) is 0 Å². The maximum atomic E-state index is 11.6. The minimum atomic E-state index is -0.318. The molecule has 0 aliphatic carbocycles. The molecule has 100 valence electrons. The summed E-state index contributed by atoms with van der Waals surface area (Å²) in [5.74, 6) is 0.820. The van der Waals surface area contributed by atoms with E-state index in [2.05, 4.69) is 39.4 Å². The Kier molecular flexibility index (Phi) is 4.40. The highest BCUT2D eigenvalue weighted by molar-refractivity contribution is 7.09. The van der Waals surface area contributed by atoms with E-state index in [1.165, 1.54) is 12.4 Å². The Bertz CT molecular complexity index is 540. The molecule has 19 heavy (non-hydrogen) atoms. The maximum Gasteiger partial charge on any atom is 0.320 e. The second kappa shape index (κ2) is 6.24. The zero-order valence-corrected chi connectivity index (χ0v) is 11.6. The molecule has 7 heteroatoms. The van der Waals surface area contributed by atoms with Crippen LogP contribution in [0.3, 0.4) is 0 Å². The van der Waals surface area contributed by atoms with E-state index < -0.39 is 0 Å². The summed E-state index contributed by atoms with van der Waals surface area (Å²) in [5.41, 5.74) is 1.05. The molecule has 0 saturated heterocycles. The summed E-state index contributed by atoms with van der Waals surface area (Å²) in [6, 6.07) is -0.318. The molecular formula is C12H15N5OS. The number of aromatic nitrogens is 3. The number of carbonyl (C=O) groups is 1. The number of nitrogens with zero attached hydrogens (tertiary/aromatic N) is 3. The Morgan fingerprint density at radius 3 is 2.89 bits per heavy atom. The number of nitrogens with one attached hydrogen (secondary N) is 2. The van der Waals surface area contributed by atoms with Crippen molar-refractivity contribution in [3.8, 4) is 0 Å². The molecule has 6 nitrogen and oxygen atoms in total. The number of rotatable bonds is 4. The zero-order chi connectivity index (χ0) is 13.7. The van der Waals surface area contributed by atoms with Gasteiger partial charge in [0.15, 0.2) is 5.82 Å². The first-order valence-electron chi connectivity index (χ1n) is 5.90. The highest BCUT2D eigenvalue weighted by Crippen LogP contribution is 2.17. The molecule has 0 saturated carbocycles. The van der Waals surface area contributed by atoms with Crippen LogP contribution in [0.1, 0.15) is 30.5 Å². The van der Waals surface area contributed by atoms with Crippen LogP contribution in [0.5, 0.6) is 0 Å². The Morgan fingerprint density at radius 1 is 1.42 bits per heavy atom. The number of anilines is 1. The van der Waals surface area contributed by atoms with Gasteiger partial charge in [0.2, 0.25) is 0 Å². The highest BCUT2D eigenvalue weighted by atomic mass is 32.1. The molecule has 0 fully saturated rings. The van der Waals surface area contributed by atoms with Gasteiger partial charge in [0, 0.05) is 17.8 Å². The van der Waals surface area contributed by atoms with Crippen LogP contribution in [-0.4, -0.2) is 21.0 Å². The van der Waals surface area contributed by atoms with E-state index in [0.29, 0.717) is 18.3 Å². The van der Waals surface area contributed by atoms with Crippen molar-refractivity contribution in [3.05, 3.63) is 34.7 Å². The van der Waals surface area contributed by atoms with Gasteiger partial charge in [-0.2, -0.15) is 0 Å². The number of thiazole rings is 1. The van der Waals surface area contributed by atoms with Crippen LogP contribution >= 0.6 is 11.3 Å². The maximum absolute atomic E-state index is 11.6. The van der Waals surface area contributed by atoms with E-state index in [-0.39, 0.29) is 6.03 Å². The summed E-state index contributed by atoms with van der Waals surface area (Å²) >= 11 is 1.54. The molecule has 2 aromatic heterocycles. The second-order valence-corrected chi connectivity index (χ2v) is 5.16. The first-order chi connectivity index (χ1) is 9.15. The van der Waals surface area contributed by atoms with E-state index in [9.17, 15) is 4.79 Å². The topological polar surface area (TPSA) is 79.8 Å². The third kappa shape index (κ3) is 3.99. The number of amides is 2. The van der Waals surface area contributed by atoms with Crippen LogP contribution in [0.25, 0.3) is 0 Å². The van der Waals surface area contributed by atoms with Crippen molar-refractivity contribution in [3.63, 3.8) is 0 Å². The van der Waals surface area contributed by atoms with Gasteiger partial charge in [0.1, 0.15) is 5.01 Å². The lowest BCUT2D eigenvalue weighted by Gasteiger charge is -2.04. The average molecular weight is 277 g/mol. The molecule has 0 unspecified atom stereocenters. The number of hydrogen-bond acceptors (Lipinski definition) is 5. The van der Waals surface area contributed by atoms with Crippen LogP contribution in [0.15, 0.2) is 24.0 Å². The molecular weight excluding hydrogens is 262 g/mol. The average Bonchev–Trinajstić information content (AvgIpc) is 2.86. The number of urea groups is 1. The van der Waals surface area contributed by atoms with Gasteiger partial charge in [-0.3, -0.25) is 10.3 Å². The molecule has 0 spiro atoms. The standard InChI is InChI=1S/C12H15N5OS/c1-8(2)9-7-19-11(16-9)6-15-12(18)17-10-5-13-3-4-14-10/h3-5,7-8H,6H2,1-2H3,(H2,14,15,17,18). The molecule has 0 aliphatic heterocycles. The first kappa shape index (κ1) is 13.4. The molecule has 2 rings (SSSR count). The molecule has 2 N–H and O–H groups in total. The SMILES string of the molecule is CC(C)c1csc(CNC(=O)Nc2cnccn2)n1. The first-order valence-corrected chi connectivity index (χ1v) is 6.78. The molecule has 0 atom stereocenters. The Labute approximate surface area is 115 Å².